The summed E-state index contributed by atoms with van der Waals surface area (Å²) < 4.78 is 0. The van der Waals surface area contributed by atoms with Gasteiger partial charge in [0.25, 0.3) is 0 Å². The normalized spacial score (nSPS) is 0. The van der Waals surface area contributed by atoms with E-state index < -0.39 is 0 Å². The van der Waals surface area contributed by atoms with E-state index in [1.54, 1.807) is 0 Å². The molecule has 2 nitrogen and oxygen atoms in total. The van der Waals surface area contributed by atoms with E-state index in [2.05, 4.69) is 0 Å². The molecule has 0 heterocycles. The molecule has 0 aliphatic rings. The molecule has 0 fully saturated rings. The third-order valence-corrected chi connectivity index (χ3v) is 0. The van der Waals surface area contributed by atoms with Gasteiger partial charge in [-0.15, -0.1) is 0 Å². The maximum Gasteiger partial charge on any atom is 1.00 e. The van der Waals surface area contributed by atoms with E-state index in [1.165, 1.54) is 0 Å². The van der Waals surface area contributed by atoms with E-state index >= 15 is 0 Å². The van der Waals surface area contributed by atoms with Gasteiger partial charge < -0.3 is 11.0 Å². The van der Waals surface area contributed by atoms with E-state index in [9.17, 15) is 0 Å². The molecule has 0 saturated carbocycles. The van der Waals surface area contributed by atoms with Crippen LogP contribution in [0.15, 0.2) is 0 Å². The molecule has 0 rings (SSSR count). The van der Waals surface area contributed by atoms with Crippen LogP contribution in [0.4, 0.5) is 0 Å². The van der Waals surface area contributed by atoms with E-state index in [-0.39, 0.29) is 90.0 Å². The van der Waals surface area contributed by atoms with Crippen LogP contribution in [-0.4, -0.2) is 11.0 Å². The largest absolute Gasteiger partial charge is 1.00 e. The maximum absolute atomic E-state index is 0. The fraction of sp³-hybridized carbons (Fsp3) is 0. The van der Waals surface area contributed by atoms with E-state index in [4.69, 9.17) is 0 Å². The molecule has 0 aromatic rings. The second-order valence-electron chi connectivity index (χ2n) is 0. The Morgan fingerprint density at radius 1 is 0.750 bits per heavy atom. The summed E-state index contributed by atoms with van der Waals surface area (Å²) >= 11 is 0. The average molecular weight is 274 g/mol. The van der Waals surface area contributed by atoms with Gasteiger partial charge in [-0.3, -0.25) is 0 Å². The van der Waals surface area contributed by atoms with Crippen molar-refractivity contribution < 1.29 is 90.0 Å². The fourth-order valence-electron chi connectivity index (χ4n) is 0. The average Bonchev–Trinajstić information content (AvgIpc) is 0. The van der Waals surface area contributed by atoms with E-state index in [0.717, 1.165) is 0 Å². The maximum atomic E-state index is 0. The van der Waals surface area contributed by atoms with Gasteiger partial charge in [0, 0.05) is 0 Å². The van der Waals surface area contributed by atoms with Gasteiger partial charge in [0.05, 0.1) is 0 Å². The Bertz CT molecular complexity index is 6.00. The van der Waals surface area contributed by atoms with Crippen LogP contribution < -0.4 is 51.4 Å². The molecule has 0 aliphatic carbocycles. The second-order valence-corrected chi connectivity index (χ2v) is 0. The van der Waals surface area contributed by atoms with Gasteiger partial charge in [0.15, 0.2) is 0 Å². The molecule has 0 unspecified atom stereocenters. The van der Waals surface area contributed by atoms with Crippen molar-refractivity contribution in [3.8, 4) is 0 Å². The van der Waals surface area contributed by atoms with Crippen molar-refractivity contribution in [2.75, 3.05) is 0 Å². The Kier molecular flexibility index (Phi) is 141. The Balaban J connectivity index is 0. The summed E-state index contributed by atoms with van der Waals surface area (Å²) in [6, 6.07) is 0. The Morgan fingerprint density at radius 3 is 0.750 bits per heavy atom. The second kappa shape index (κ2) is 17.8. The summed E-state index contributed by atoms with van der Waals surface area (Å²) in [5.74, 6) is 0. The molecular weight excluding hydrogens is 272 g/mol. The minimum Gasteiger partial charge on any atom is -0.870 e. The van der Waals surface area contributed by atoms with Gasteiger partial charge in [-0.2, -0.15) is 0 Å². The van der Waals surface area contributed by atoms with Gasteiger partial charge in [-0.25, -0.2) is 0 Å². The summed E-state index contributed by atoms with van der Waals surface area (Å²) in [5.41, 5.74) is 0. The molecule has 0 amide bonds. The van der Waals surface area contributed by atoms with Crippen molar-refractivity contribution >= 4 is 0 Å². The minimum atomic E-state index is 0. The molecule has 0 aromatic heterocycles. The SMILES string of the molecule is [Hg+].[K+].[OH-].[OH-]. The molecule has 1 radical (unpaired) electrons. The zero-order chi connectivity index (χ0) is 0. The van der Waals surface area contributed by atoms with Crippen LogP contribution in [0.25, 0.3) is 0 Å². The third kappa shape index (κ3) is 8.82. The predicted molar refractivity (Wildman–Crippen MR) is 3.87 cm³/mol. The summed E-state index contributed by atoms with van der Waals surface area (Å²) in [7, 11) is 0. The van der Waals surface area contributed by atoms with Crippen molar-refractivity contribution in [1.29, 1.82) is 0 Å². The zero-order valence-corrected chi connectivity index (χ0v) is 11.2. The zero-order valence-electron chi connectivity index (χ0n) is 2.60. The van der Waals surface area contributed by atoms with Crippen LogP contribution in [0.1, 0.15) is 0 Å². The molecule has 0 atom stereocenters. The van der Waals surface area contributed by atoms with Crippen LogP contribution in [-0.2, 0) is 27.7 Å². The predicted octanol–water partition coefficient (Wildman–Crippen LogP) is -3.35. The molecule has 0 aliphatic heterocycles. The Labute approximate surface area is 87.9 Å². The van der Waals surface area contributed by atoms with Gasteiger partial charge >= 0.3 is 79.1 Å². The van der Waals surface area contributed by atoms with Gasteiger partial charge in [0.2, 0.25) is 0 Å². The summed E-state index contributed by atoms with van der Waals surface area (Å²) in [4.78, 5) is 0. The molecule has 0 aromatic carbocycles. The number of rotatable bonds is 0. The van der Waals surface area contributed by atoms with Crippen LogP contribution >= 0.6 is 0 Å². The van der Waals surface area contributed by atoms with Gasteiger partial charge in [-0.1, -0.05) is 0 Å². The van der Waals surface area contributed by atoms with E-state index in [0.29, 0.717) is 0 Å². The molecular formula is H2HgKO2. The topological polar surface area (TPSA) is 60.0 Å². The summed E-state index contributed by atoms with van der Waals surface area (Å²) in [6.07, 6.45) is 0. The molecule has 0 spiro atoms. The molecule has 0 bridgehead atoms. The van der Waals surface area contributed by atoms with Gasteiger partial charge in [-0.05, 0) is 0 Å². The van der Waals surface area contributed by atoms with E-state index in [1.807, 2.05) is 0 Å². The molecule has 4 heavy (non-hydrogen) atoms. The number of hydrogen-bond donors (Lipinski definition) is 0. The quantitative estimate of drug-likeness (QED) is 0.433. The minimum absolute atomic E-state index is 0. The fourth-order valence-corrected chi connectivity index (χ4v) is 0. The molecule has 4 heteroatoms. The molecule has 2 N–H and O–H groups in total. The van der Waals surface area contributed by atoms with Crippen molar-refractivity contribution in [2.45, 2.75) is 0 Å². The van der Waals surface area contributed by atoms with Gasteiger partial charge in [0.1, 0.15) is 0 Å². The summed E-state index contributed by atoms with van der Waals surface area (Å²) in [5, 5.41) is 0. The van der Waals surface area contributed by atoms with Crippen LogP contribution in [0.3, 0.4) is 0 Å². The first-order valence-corrected chi connectivity index (χ1v) is 0. The Morgan fingerprint density at radius 2 is 0.750 bits per heavy atom. The van der Waals surface area contributed by atoms with Crippen LogP contribution in [0, 0.1) is 0 Å². The standard InChI is InChI=1S/Hg.K.2H2O/h;;2*1H2/q2*+1;;/p-2. The Hall–Kier alpha value is 2.49. The van der Waals surface area contributed by atoms with Crippen molar-refractivity contribution in [1.82, 2.24) is 0 Å². The van der Waals surface area contributed by atoms with Crippen molar-refractivity contribution in [2.24, 2.45) is 0 Å². The first-order chi connectivity index (χ1) is 0. The third-order valence-electron chi connectivity index (χ3n) is 0. The summed E-state index contributed by atoms with van der Waals surface area (Å²) in [6.45, 7) is 0. The molecule has 17 valence electrons. The number of hydrogen-bond acceptors (Lipinski definition) is 2. The van der Waals surface area contributed by atoms with Crippen molar-refractivity contribution in [3.05, 3.63) is 0 Å². The van der Waals surface area contributed by atoms with Crippen LogP contribution in [0.2, 0.25) is 0 Å². The monoisotopic (exact) mass is 275 g/mol. The van der Waals surface area contributed by atoms with Crippen molar-refractivity contribution in [3.63, 3.8) is 0 Å². The first kappa shape index (κ1) is 31.5. The first-order valence-electron chi connectivity index (χ1n) is 0. The smallest absolute Gasteiger partial charge is 0.870 e. The molecule has 0 saturated heterocycles. The van der Waals surface area contributed by atoms with Crippen LogP contribution in [0.5, 0.6) is 0 Å².